The number of hydrogen-bond donors (Lipinski definition) is 2. The molecule has 0 aliphatic heterocycles. The number of rotatable bonds is 5. The molecule has 0 aliphatic rings. The summed E-state index contributed by atoms with van der Waals surface area (Å²) >= 11 is 0. The Labute approximate surface area is 103 Å². The molecule has 0 fully saturated rings. The summed E-state index contributed by atoms with van der Waals surface area (Å²) in [5.74, 6) is -2.94. The second kappa shape index (κ2) is 5.54. The Kier molecular flexibility index (Phi) is 4.33. The molecule has 1 atom stereocenters. The lowest BCUT2D eigenvalue weighted by molar-refractivity contribution is -0.147. The molecule has 0 saturated heterocycles. The third-order valence-electron chi connectivity index (χ3n) is 2.32. The Bertz CT molecular complexity index is 459. The van der Waals surface area contributed by atoms with Gasteiger partial charge in [-0.1, -0.05) is 0 Å². The summed E-state index contributed by atoms with van der Waals surface area (Å²) in [5, 5.41) is 18.4. The van der Waals surface area contributed by atoms with Gasteiger partial charge in [0.1, 0.15) is 0 Å². The summed E-state index contributed by atoms with van der Waals surface area (Å²) in [6, 6.07) is 0.982. The maximum atomic E-state index is 13.7. The number of aliphatic hydroxyl groups is 1. The third kappa shape index (κ3) is 2.30. The van der Waals surface area contributed by atoms with E-state index in [0.29, 0.717) is 0 Å². The number of methoxy groups -OCH3 is 3. The average molecular weight is 260 g/mol. The fraction of sp³-hybridized carbons (Fsp3) is 0.364. The summed E-state index contributed by atoms with van der Waals surface area (Å²) in [5.41, 5.74) is -0.329. The van der Waals surface area contributed by atoms with Gasteiger partial charge in [0.25, 0.3) is 0 Å². The van der Waals surface area contributed by atoms with Crippen LogP contribution in [0.15, 0.2) is 6.07 Å². The zero-order valence-corrected chi connectivity index (χ0v) is 10.1. The van der Waals surface area contributed by atoms with Gasteiger partial charge in [-0.3, -0.25) is 0 Å². The van der Waals surface area contributed by atoms with Crippen LogP contribution in [0.5, 0.6) is 17.2 Å². The van der Waals surface area contributed by atoms with Crippen molar-refractivity contribution in [3.63, 3.8) is 0 Å². The van der Waals surface area contributed by atoms with E-state index < -0.39 is 23.6 Å². The third-order valence-corrected chi connectivity index (χ3v) is 2.32. The van der Waals surface area contributed by atoms with Crippen molar-refractivity contribution in [2.24, 2.45) is 0 Å². The minimum Gasteiger partial charge on any atom is -0.493 e. The molecule has 0 aliphatic carbocycles. The van der Waals surface area contributed by atoms with Crippen molar-refractivity contribution in [3.8, 4) is 17.2 Å². The van der Waals surface area contributed by atoms with Crippen LogP contribution in [-0.4, -0.2) is 37.5 Å². The highest BCUT2D eigenvalue weighted by Gasteiger charge is 2.30. The first kappa shape index (κ1) is 14.0. The van der Waals surface area contributed by atoms with E-state index >= 15 is 0 Å². The summed E-state index contributed by atoms with van der Waals surface area (Å²) in [4.78, 5) is 10.8. The predicted molar refractivity (Wildman–Crippen MR) is 58.7 cm³/mol. The van der Waals surface area contributed by atoms with E-state index in [2.05, 4.69) is 0 Å². The first-order chi connectivity index (χ1) is 8.47. The van der Waals surface area contributed by atoms with E-state index in [4.69, 9.17) is 19.3 Å². The molecule has 7 heteroatoms. The Morgan fingerprint density at radius 1 is 1.22 bits per heavy atom. The fourth-order valence-corrected chi connectivity index (χ4v) is 1.55. The molecule has 0 aromatic heterocycles. The van der Waals surface area contributed by atoms with Crippen molar-refractivity contribution < 1.29 is 33.6 Å². The van der Waals surface area contributed by atoms with Crippen LogP contribution >= 0.6 is 0 Å². The van der Waals surface area contributed by atoms with Gasteiger partial charge in [0.2, 0.25) is 0 Å². The number of aliphatic hydroxyl groups excluding tert-OH is 1. The van der Waals surface area contributed by atoms with Gasteiger partial charge in [-0.25, -0.2) is 9.18 Å². The maximum absolute atomic E-state index is 13.7. The Hall–Kier alpha value is -2.02. The number of benzene rings is 1. The molecular formula is C11H13FO6. The molecule has 0 heterocycles. The molecule has 1 unspecified atom stereocenters. The molecule has 0 spiro atoms. The van der Waals surface area contributed by atoms with E-state index in [1.165, 1.54) is 14.2 Å². The first-order valence-corrected chi connectivity index (χ1v) is 4.87. The first-order valence-electron chi connectivity index (χ1n) is 4.87. The molecule has 18 heavy (non-hydrogen) atoms. The Morgan fingerprint density at radius 3 is 2.17 bits per heavy atom. The van der Waals surface area contributed by atoms with Crippen LogP contribution in [0.4, 0.5) is 4.39 Å². The number of hydrogen-bond acceptors (Lipinski definition) is 5. The van der Waals surface area contributed by atoms with Gasteiger partial charge in [0.15, 0.2) is 29.2 Å². The average Bonchev–Trinajstić information content (AvgIpc) is 2.36. The van der Waals surface area contributed by atoms with E-state index in [1.54, 1.807) is 0 Å². The topological polar surface area (TPSA) is 85.2 Å². The lowest BCUT2D eigenvalue weighted by atomic mass is 10.1. The van der Waals surface area contributed by atoms with Gasteiger partial charge in [0, 0.05) is 6.07 Å². The minimum absolute atomic E-state index is 0.0360. The second-order valence-corrected chi connectivity index (χ2v) is 3.28. The predicted octanol–water partition coefficient (Wildman–Crippen LogP) is 0.969. The molecule has 1 aromatic carbocycles. The number of halogens is 1. The fourth-order valence-electron chi connectivity index (χ4n) is 1.55. The molecule has 0 saturated carbocycles. The zero-order chi connectivity index (χ0) is 13.9. The number of aliphatic carboxylic acids is 1. The molecule has 0 amide bonds. The van der Waals surface area contributed by atoms with Gasteiger partial charge < -0.3 is 24.4 Å². The lowest BCUT2D eigenvalue weighted by Gasteiger charge is -2.18. The molecule has 1 aromatic rings. The normalized spacial score (nSPS) is 11.8. The van der Waals surface area contributed by atoms with Crippen LogP contribution in [0.2, 0.25) is 0 Å². The summed E-state index contributed by atoms with van der Waals surface area (Å²) in [7, 11) is 3.66. The van der Waals surface area contributed by atoms with Gasteiger partial charge in [-0.15, -0.1) is 0 Å². The van der Waals surface area contributed by atoms with Gasteiger partial charge in [0.05, 0.1) is 26.9 Å². The summed E-state index contributed by atoms with van der Waals surface area (Å²) in [6.07, 6.45) is -1.99. The van der Waals surface area contributed by atoms with Crippen molar-refractivity contribution in [1.29, 1.82) is 0 Å². The standard InChI is InChI=1S/C11H13FO6/c1-16-6-4-5(12)9(17-2)7(10(6)18-3)8(13)11(14)15/h4,8,13H,1-3H3,(H,14,15). The molecule has 100 valence electrons. The highest BCUT2D eigenvalue weighted by Crippen LogP contribution is 2.43. The van der Waals surface area contributed by atoms with E-state index in [0.717, 1.165) is 13.2 Å². The molecule has 0 bridgehead atoms. The molecule has 6 nitrogen and oxygen atoms in total. The number of carboxylic acid groups (broad SMARTS) is 1. The van der Waals surface area contributed by atoms with Crippen molar-refractivity contribution >= 4 is 5.97 Å². The number of carboxylic acids is 1. The molecule has 2 N–H and O–H groups in total. The van der Waals surface area contributed by atoms with Gasteiger partial charge in [-0.2, -0.15) is 0 Å². The summed E-state index contributed by atoms with van der Waals surface area (Å²) < 4.78 is 28.2. The van der Waals surface area contributed by atoms with Crippen molar-refractivity contribution in [3.05, 3.63) is 17.4 Å². The summed E-state index contributed by atoms with van der Waals surface area (Å²) in [6.45, 7) is 0. The lowest BCUT2D eigenvalue weighted by Crippen LogP contribution is -2.14. The van der Waals surface area contributed by atoms with Crippen LogP contribution < -0.4 is 14.2 Å². The maximum Gasteiger partial charge on any atom is 0.337 e. The minimum atomic E-state index is -1.99. The van der Waals surface area contributed by atoms with E-state index in [1.807, 2.05) is 0 Å². The molecule has 0 radical (unpaired) electrons. The molecule has 1 rings (SSSR count). The number of carbonyl (C=O) groups is 1. The monoisotopic (exact) mass is 260 g/mol. The van der Waals surface area contributed by atoms with Crippen LogP contribution in [0.1, 0.15) is 11.7 Å². The van der Waals surface area contributed by atoms with Crippen molar-refractivity contribution in [2.45, 2.75) is 6.10 Å². The number of ether oxygens (including phenoxy) is 3. The largest absolute Gasteiger partial charge is 0.493 e. The smallest absolute Gasteiger partial charge is 0.337 e. The molecular weight excluding hydrogens is 247 g/mol. The van der Waals surface area contributed by atoms with Gasteiger partial charge >= 0.3 is 5.97 Å². The van der Waals surface area contributed by atoms with Crippen molar-refractivity contribution in [2.75, 3.05) is 21.3 Å². The van der Waals surface area contributed by atoms with Crippen molar-refractivity contribution in [1.82, 2.24) is 0 Å². The Morgan fingerprint density at radius 2 is 1.78 bits per heavy atom. The Balaban J connectivity index is 3.60. The van der Waals surface area contributed by atoms with E-state index in [9.17, 15) is 14.3 Å². The van der Waals surface area contributed by atoms with E-state index in [-0.39, 0.29) is 17.1 Å². The SMILES string of the molecule is COc1cc(F)c(OC)c(C(O)C(=O)O)c1OC. The second-order valence-electron chi connectivity index (χ2n) is 3.28. The van der Waals surface area contributed by atoms with Crippen LogP contribution in [0, 0.1) is 5.82 Å². The highest BCUT2D eigenvalue weighted by atomic mass is 19.1. The zero-order valence-electron chi connectivity index (χ0n) is 10.1. The highest BCUT2D eigenvalue weighted by molar-refractivity contribution is 5.77. The van der Waals surface area contributed by atoms with Crippen LogP contribution in [-0.2, 0) is 4.79 Å². The van der Waals surface area contributed by atoms with Gasteiger partial charge in [-0.05, 0) is 0 Å². The quantitative estimate of drug-likeness (QED) is 0.820. The van der Waals surface area contributed by atoms with Crippen LogP contribution in [0.3, 0.4) is 0 Å². The van der Waals surface area contributed by atoms with Crippen LogP contribution in [0.25, 0.3) is 0 Å².